The minimum absolute atomic E-state index is 0.426. The van der Waals surface area contributed by atoms with Gasteiger partial charge in [0.05, 0.1) is 18.5 Å². The molecule has 0 aliphatic carbocycles. The quantitative estimate of drug-likeness (QED) is 0.921. The number of aliphatic hydroxyl groups excluding tert-OH is 1. The van der Waals surface area contributed by atoms with Gasteiger partial charge in [0.25, 0.3) is 0 Å². The Morgan fingerprint density at radius 2 is 2.20 bits per heavy atom. The fourth-order valence-corrected chi connectivity index (χ4v) is 2.29. The van der Waals surface area contributed by atoms with E-state index in [9.17, 15) is 5.11 Å². The third-order valence-corrected chi connectivity index (χ3v) is 3.44. The molecule has 2 rings (SSSR count). The number of aromatic nitrogens is 3. The van der Waals surface area contributed by atoms with Gasteiger partial charge in [-0.2, -0.15) is 5.10 Å². The van der Waals surface area contributed by atoms with Crippen molar-refractivity contribution in [1.29, 1.82) is 0 Å². The first-order valence-electron chi connectivity index (χ1n) is 6.49. The molecule has 0 radical (unpaired) electrons. The summed E-state index contributed by atoms with van der Waals surface area (Å²) in [6.45, 7) is 4.47. The molecule has 0 saturated heterocycles. The van der Waals surface area contributed by atoms with Crippen molar-refractivity contribution in [3.05, 3.63) is 40.4 Å². The largest absolute Gasteiger partial charge is 0.492 e. The lowest BCUT2D eigenvalue weighted by molar-refractivity contribution is 0.218. The minimum Gasteiger partial charge on any atom is -0.492 e. The highest BCUT2D eigenvalue weighted by atomic mass is 35.5. The number of rotatable bonds is 5. The summed E-state index contributed by atoms with van der Waals surface area (Å²) in [5.74, 6) is 0.640. The van der Waals surface area contributed by atoms with Crippen molar-refractivity contribution >= 4 is 11.6 Å². The third-order valence-electron chi connectivity index (χ3n) is 2.99. The summed E-state index contributed by atoms with van der Waals surface area (Å²) in [7, 11) is 1.74. The van der Waals surface area contributed by atoms with Gasteiger partial charge in [0.1, 0.15) is 17.0 Å². The van der Waals surface area contributed by atoms with Crippen LogP contribution in [0.15, 0.2) is 18.5 Å². The average molecular weight is 296 g/mol. The molecule has 20 heavy (non-hydrogen) atoms. The number of halogens is 1. The SMILES string of the molecule is CCCOc1cncc(C(O)c2c(C)nn(C)c2Cl)c1. The van der Waals surface area contributed by atoms with Crippen molar-refractivity contribution in [2.24, 2.45) is 7.05 Å². The van der Waals surface area contributed by atoms with Crippen molar-refractivity contribution in [2.45, 2.75) is 26.4 Å². The number of hydrogen-bond donors (Lipinski definition) is 1. The molecule has 0 aromatic carbocycles. The highest BCUT2D eigenvalue weighted by molar-refractivity contribution is 6.30. The van der Waals surface area contributed by atoms with E-state index in [4.69, 9.17) is 16.3 Å². The Labute approximate surface area is 123 Å². The lowest BCUT2D eigenvalue weighted by Crippen LogP contribution is -2.03. The van der Waals surface area contributed by atoms with E-state index in [0.717, 1.165) is 6.42 Å². The molecule has 1 N–H and O–H groups in total. The maximum atomic E-state index is 10.5. The van der Waals surface area contributed by atoms with Gasteiger partial charge in [-0.1, -0.05) is 18.5 Å². The Hall–Kier alpha value is -1.59. The van der Waals surface area contributed by atoms with Gasteiger partial charge in [-0.05, 0) is 19.4 Å². The van der Waals surface area contributed by atoms with Gasteiger partial charge in [0, 0.05) is 24.4 Å². The number of hydrogen-bond acceptors (Lipinski definition) is 4. The van der Waals surface area contributed by atoms with Gasteiger partial charge in [-0.15, -0.1) is 0 Å². The molecule has 0 spiro atoms. The zero-order valence-corrected chi connectivity index (χ0v) is 12.6. The summed E-state index contributed by atoms with van der Waals surface area (Å²) >= 11 is 6.17. The first kappa shape index (κ1) is 14.8. The molecule has 1 unspecified atom stereocenters. The van der Waals surface area contributed by atoms with Gasteiger partial charge in [0.2, 0.25) is 0 Å². The zero-order chi connectivity index (χ0) is 14.7. The topological polar surface area (TPSA) is 60.2 Å². The van der Waals surface area contributed by atoms with E-state index in [1.165, 1.54) is 0 Å². The van der Waals surface area contributed by atoms with Crippen molar-refractivity contribution in [2.75, 3.05) is 6.61 Å². The molecule has 1 atom stereocenters. The van der Waals surface area contributed by atoms with Crippen molar-refractivity contribution < 1.29 is 9.84 Å². The highest BCUT2D eigenvalue weighted by Gasteiger charge is 2.21. The normalized spacial score (nSPS) is 12.4. The Morgan fingerprint density at radius 1 is 1.45 bits per heavy atom. The summed E-state index contributed by atoms with van der Waals surface area (Å²) in [5.41, 5.74) is 1.94. The maximum absolute atomic E-state index is 10.5. The van der Waals surface area contributed by atoms with Crippen LogP contribution < -0.4 is 4.74 Å². The van der Waals surface area contributed by atoms with E-state index in [1.807, 2.05) is 13.8 Å². The van der Waals surface area contributed by atoms with E-state index < -0.39 is 6.10 Å². The van der Waals surface area contributed by atoms with Crippen LogP contribution in [0.4, 0.5) is 0 Å². The molecular weight excluding hydrogens is 278 g/mol. The summed E-state index contributed by atoms with van der Waals surface area (Å²) in [6.07, 6.45) is 3.28. The second-order valence-electron chi connectivity index (χ2n) is 4.62. The van der Waals surface area contributed by atoms with Gasteiger partial charge in [0.15, 0.2) is 0 Å². The third kappa shape index (κ3) is 2.94. The van der Waals surface area contributed by atoms with Crippen LogP contribution in [0.2, 0.25) is 5.15 Å². The van der Waals surface area contributed by atoms with Crippen LogP contribution in [0.5, 0.6) is 5.75 Å². The van der Waals surface area contributed by atoms with Crippen LogP contribution in [-0.4, -0.2) is 26.5 Å². The van der Waals surface area contributed by atoms with Gasteiger partial charge in [-0.3, -0.25) is 9.67 Å². The molecule has 0 saturated carbocycles. The van der Waals surface area contributed by atoms with E-state index in [-0.39, 0.29) is 0 Å². The fourth-order valence-electron chi connectivity index (χ4n) is 2.01. The molecule has 0 amide bonds. The van der Waals surface area contributed by atoms with E-state index in [2.05, 4.69) is 10.1 Å². The monoisotopic (exact) mass is 295 g/mol. The number of aryl methyl sites for hydroxylation is 2. The smallest absolute Gasteiger partial charge is 0.137 e. The molecule has 2 aromatic rings. The zero-order valence-electron chi connectivity index (χ0n) is 11.8. The number of aliphatic hydroxyl groups is 1. The number of pyridine rings is 1. The predicted molar refractivity (Wildman–Crippen MR) is 77.0 cm³/mol. The minimum atomic E-state index is -0.867. The molecule has 2 aromatic heterocycles. The molecule has 6 heteroatoms. The van der Waals surface area contributed by atoms with E-state index in [0.29, 0.717) is 34.3 Å². The van der Waals surface area contributed by atoms with Crippen molar-refractivity contribution in [3.8, 4) is 5.75 Å². The van der Waals surface area contributed by atoms with Crippen LogP contribution in [0.25, 0.3) is 0 Å². The summed E-state index contributed by atoms with van der Waals surface area (Å²) in [5, 5.41) is 15.1. The number of ether oxygens (including phenoxy) is 1. The predicted octanol–water partition coefficient (Wildman–Crippen LogP) is 2.65. The molecule has 0 fully saturated rings. The Bertz CT molecular complexity index is 598. The van der Waals surface area contributed by atoms with Crippen LogP contribution in [0.1, 0.15) is 36.3 Å². The second kappa shape index (κ2) is 6.24. The first-order chi connectivity index (χ1) is 9.54. The maximum Gasteiger partial charge on any atom is 0.137 e. The summed E-state index contributed by atoms with van der Waals surface area (Å²) < 4.78 is 7.06. The van der Waals surface area contributed by atoms with Gasteiger partial charge in [-0.25, -0.2) is 0 Å². The molecule has 108 valence electrons. The highest BCUT2D eigenvalue weighted by Crippen LogP contribution is 2.31. The Balaban J connectivity index is 2.30. The molecule has 0 aliphatic heterocycles. The summed E-state index contributed by atoms with van der Waals surface area (Å²) in [4.78, 5) is 4.09. The molecule has 5 nitrogen and oxygen atoms in total. The van der Waals surface area contributed by atoms with Gasteiger partial charge >= 0.3 is 0 Å². The fraction of sp³-hybridized carbons (Fsp3) is 0.429. The summed E-state index contributed by atoms with van der Waals surface area (Å²) in [6, 6.07) is 1.77. The average Bonchev–Trinajstić information content (AvgIpc) is 2.69. The second-order valence-corrected chi connectivity index (χ2v) is 4.98. The lowest BCUT2D eigenvalue weighted by Gasteiger charge is -2.12. The first-order valence-corrected chi connectivity index (χ1v) is 6.87. The van der Waals surface area contributed by atoms with Crippen LogP contribution in [0, 0.1) is 6.92 Å². The lowest BCUT2D eigenvalue weighted by atomic mass is 10.0. The van der Waals surface area contributed by atoms with Crippen LogP contribution in [-0.2, 0) is 7.05 Å². The molecule has 2 heterocycles. The van der Waals surface area contributed by atoms with E-state index in [1.54, 1.807) is 30.2 Å². The van der Waals surface area contributed by atoms with Crippen molar-refractivity contribution in [1.82, 2.24) is 14.8 Å². The van der Waals surface area contributed by atoms with E-state index >= 15 is 0 Å². The van der Waals surface area contributed by atoms with Gasteiger partial charge < -0.3 is 9.84 Å². The van der Waals surface area contributed by atoms with Crippen molar-refractivity contribution in [3.63, 3.8) is 0 Å². The standard InChI is InChI=1S/C14H18ClN3O2/c1-4-5-20-11-6-10(7-16-8-11)13(19)12-9(2)17-18(3)14(12)15/h6-8,13,19H,4-5H2,1-3H3. The van der Waals surface area contributed by atoms with Crippen LogP contribution in [0.3, 0.4) is 0 Å². The molecular formula is C14H18ClN3O2. The van der Waals surface area contributed by atoms with Crippen LogP contribution >= 0.6 is 11.6 Å². The Morgan fingerprint density at radius 3 is 2.80 bits per heavy atom. The number of nitrogens with zero attached hydrogens (tertiary/aromatic N) is 3. The Kier molecular flexibility index (Phi) is 4.62. The molecule has 0 bridgehead atoms. The molecule has 0 aliphatic rings.